The number of morpholine rings is 1. The van der Waals surface area contributed by atoms with Crippen molar-refractivity contribution in [1.82, 2.24) is 25.4 Å². The molecule has 3 N–H and O–H groups in total. The van der Waals surface area contributed by atoms with Crippen molar-refractivity contribution in [3.05, 3.63) is 5.82 Å². The van der Waals surface area contributed by atoms with Crippen LogP contribution in [0.4, 0.5) is 11.9 Å². The van der Waals surface area contributed by atoms with Crippen molar-refractivity contribution < 1.29 is 19.5 Å². The average Bonchev–Trinajstić information content (AvgIpc) is 2.77. The van der Waals surface area contributed by atoms with Gasteiger partial charge in [-0.1, -0.05) is 33.1 Å². The third-order valence-electron chi connectivity index (χ3n) is 4.79. The minimum atomic E-state index is -0.546. The minimum Gasteiger partial charge on any atom is -0.378 e. The maximum Gasteiger partial charge on any atom is 0.246 e. The van der Waals surface area contributed by atoms with Crippen LogP contribution in [-0.4, -0.2) is 70.4 Å². The molecule has 1 aliphatic rings. The first-order valence-electron chi connectivity index (χ1n) is 10.6. The fraction of sp³-hybridized carbons (Fsp3) is 0.737. The lowest BCUT2D eigenvalue weighted by Crippen LogP contribution is -2.41. The molecule has 1 aromatic rings. The first-order chi connectivity index (χ1) is 14.6. The normalized spacial score (nSPS) is 14.8. The molecular weight excluding hydrogens is 390 g/mol. The Labute approximate surface area is 177 Å². The third kappa shape index (κ3) is 7.71. The van der Waals surface area contributed by atoms with Gasteiger partial charge >= 0.3 is 0 Å². The number of rotatable bonds is 13. The number of hydrogen-bond acceptors (Lipinski definition) is 9. The number of unbranched alkanes of at least 4 members (excludes halogenated alkanes) is 2. The van der Waals surface area contributed by atoms with Crippen LogP contribution in [0.5, 0.6) is 0 Å². The van der Waals surface area contributed by atoms with E-state index in [4.69, 9.17) is 4.74 Å². The molecule has 1 fully saturated rings. The lowest BCUT2D eigenvalue weighted by molar-refractivity contribution is -0.154. The number of hydrogen-bond donors (Lipinski definition) is 3. The van der Waals surface area contributed by atoms with Gasteiger partial charge in [0.1, 0.15) is 5.82 Å². The predicted octanol–water partition coefficient (Wildman–Crippen LogP) is 1.15. The molecule has 0 bridgehead atoms. The SMILES string of the molecule is CCCCC[C@H](CN(O)C=O)C(=O)NNc1nc(CCC)nc(N2CCOCC2)n1. The van der Waals surface area contributed by atoms with Crippen LogP contribution in [-0.2, 0) is 20.7 Å². The Bertz CT molecular complexity index is 670. The molecule has 2 amide bonds. The summed E-state index contributed by atoms with van der Waals surface area (Å²) in [5, 5.41) is 10.0. The molecule has 0 saturated carbocycles. The molecule has 1 aliphatic heterocycles. The molecule has 11 nitrogen and oxygen atoms in total. The number of ether oxygens (including phenoxy) is 1. The maximum atomic E-state index is 12.6. The summed E-state index contributed by atoms with van der Waals surface area (Å²) in [6.07, 6.45) is 5.25. The van der Waals surface area contributed by atoms with Crippen LogP contribution in [0.3, 0.4) is 0 Å². The highest BCUT2D eigenvalue weighted by Gasteiger charge is 2.21. The fourth-order valence-corrected chi connectivity index (χ4v) is 3.14. The van der Waals surface area contributed by atoms with Crippen LogP contribution in [0.1, 0.15) is 51.8 Å². The van der Waals surface area contributed by atoms with Crippen LogP contribution in [0.2, 0.25) is 0 Å². The van der Waals surface area contributed by atoms with E-state index in [9.17, 15) is 14.8 Å². The Kier molecular flexibility index (Phi) is 10.2. The van der Waals surface area contributed by atoms with E-state index in [1.165, 1.54) is 0 Å². The van der Waals surface area contributed by atoms with Gasteiger partial charge in [-0.3, -0.25) is 25.6 Å². The maximum absolute atomic E-state index is 12.6. The summed E-state index contributed by atoms with van der Waals surface area (Å²) in [4.78, 5) is 38.7. The van der Waals surface area contributed by atoms with Crippen molar-refractivity contribution in [2.45, 2.75) is 52.4 Å². The van der Waals surface area contributed by atoms with E-state index in [1.807, 2.05) is 11.8 Å². The summed E-state index contributed by atoms with van der Waals surface area (Å²) < 4.78 is 5.38. The quantitative estimate of drug-likeness (QED) is 0.185. The molecule has 1 saturated heterocycles. The van der Waals surface area contributed by atoms with Crippen molar-refractivity contribution >= 4 is 24.2 Å². The summed E-state index contributed by atoms with van der Waals surface area (Å²) in [5.74, 6) is 0.572. The van der Waals surface area contributed by atoms with E-state index < -0.39 is 5.92 Å². The van der Waals surface area contributed by atoms with Crippen molar-refractivity contribution in [2.24, 2.45) is 5.92 Å². The van der Waals surface area contributed by atoms with Crippen molar-refractivity contribution in [2.75, 3.05) is 43.2 Å². The van der Waals surface area contributed by atoms with Gasteiger partial charge in [0.25, 0.3) is 0 Å². The lowest BCUT2D eigenvalue weighted by atomic mass is 10.0. The fourth-order valence-electron chi connectivity index (χ4n) is 3.14. The van der Waals surface area contributed by atoms with Gasteiger partial charge in [-0.15, -0.1) is 0 Å². The van der Waals surface area contributed by atoms with Gasteiger partial charge < -0.3 is 9.64 Å². The van der Waals surface area contributed by atoms with Crippen LogP contribution < -0.4 is 15.8 Å². The number of carbonyl (C=O) groups excluding carboxylic acids is 2. The van der Waals surface area contributed by atoms with E-state index in [1.54, 1.807) is 0 Å². The molecule has 2 heterocycles. The molecule has 0 spiro atoms. The summed E-state index contributed by atoms with van der Waals surface area (Å²) in [5.41, 5.74) is 5.39. The van der Waals surface area contributed by atoms with Crippen LogP contribution in [0, 0.1) is 5.92 Å². The number of nitrogens with zero attached hydrogens (tertiary/aromatic N) is 5. The molecule has 1 aromatic heterocycles. The summed E-state index contributed by atoms with van der Waals surface area (Å²) in [6.45, 7) is 6.66. The van der Waals surface area contributed by atoms with E-state index in [0.717, 1.165) is 25.7 Å². The highest BCUT2D eigenvalue weighted by molar-refractivity contribution is 5.80. The van der Waals surface area contributed by atoms with E-state index in [2.05, 4.69) is 32.7 Å². The monoisotopic (exact) mass is 423 g/mol. The number of aromatic nitrogens is 3. The number of aryl methyl sites for hydroxylation is 1. The van der Waals surface area contributed by atoms with Gasteiger partial charge in [-0.2, -0.15) is 15.0 Å². The van der Waals surface area contributed by atoms with Gasteiger partial charge in [-0.05, 0) is 12.8 Å². The second-order valence-corrected chi connectivity index (χ2v) is 7.26. The highest BCUT2D eigenvalue weighted by Crippen LogP contribution is 2.14. The molecule has 0 aliphatic carbocycles. The molecule has 2 rings (SSSR count). The second kappa shape index (κ2) is 12.9. The number of hydroxylamine groups is 2. The summed E-state index contributed by atoms with van der Waals surface area (Å²) >= 11 is 0. The number of hydrazine groups is 1. The van der Waals surface area contributed by atoms with Crippen molar-refractivity contribution in [3.63, 3.8) is 0 Å². The number of anilines is 2. The van der Waals surface area contributed by atoms with Gasteiger partial charge in [0.05, 0.1) is 25.7 Å². The minimum absolute atomic E-state index is 0.0714. The van der Waals surface area contributed by atoms with E-state index >= 15 is 0 Å². The molecule has 30 heavy (non-hydrogen) atoms. The van der Waals surface area contributed by atoms with Gasteiger partial charge in [0, 0.05) is 19.5 Å². The van der Waals surface area contributed by atoms with Crippen LogP contribution in [0.25, 0.3) is 0 Å². The molecule has 0 unspecified atom stereocenters. The van der Waals surface area contributed by atoms with Crippen LogP contribution in [0.15, 0.2) is 0 Å². The summed E-state index contributed by atoms with van der Waals surface area (Å²) in [6, 6.07) is 0. The topological polar surface area (TPSA) is 133 Å². The van der Waals surface area contributed by atoms with Gasteiger partial charge in [0.15, 0.2) is 0 Å². The Morgan fingerprint density at radius 3 is 2.67 bits per heavy atom. The Morgan fingerprint density at radius 1 is 1.23 bits per heavy atom. The standard InChI is InChI=1S/C19H33N7O4/c1-3-5-6-8-15(13-26(29)14-27)17(28)23-24-18-20-16(7-4-2)21-19(22-18)25-9-11-30-12-10-25/h14-15,29H,3-13H2,1-2H3,(H,23,28)(H,20,21,22,24)/t15-/m1/s1. The molecule has 0 radical (unpaired) electrons. The average molecular weight is 424 g/mol. The first kappa shape index (κ1) is 23.7. The first-order valence-corrected chi connectivity index (χ1v) is 10.6. The Morgan fingerprint density at radius 2 is 2.00 bits per heavy atom. The summed E-state index contributed by atoms with van der Waals surface area (Å²) in [7, 11) is 0. The zero-order valence-electron chi connectivity index (χ0n) is 17.8. The highest BCUT2D eigenvalue weighted by atomic mass is 16.5. The smallest absolute Gasteiger partial charge is 0.246 e. The van der Waals surface area contributed by atoms with Crippen molar-refractivity contribution in [3.8, 4) is 0 Å². The largest absolute Gasteiger partial charge is 0.378 e. The Balaban J connectivity index is 2.05. The van der Waals surface area contributed by atoms with Crippen LogP contribution >= 0.6 is 0 Å². The molecule has 1 atom stereocenters. The molecule has 11 heteroatoms. The van der Waals surface area contributed by atoms with Crippen molar-refractivity contribution in [1.29, 1.82) is 0 Å². The van der Waals surface area contributed by atoms with E-state index in [-0.39, 0.29) is 18.4 Å². The number of carbonyl (C=O) groups is 2. The van der Waals surface area contributed by atoms with Gasteiger partial charge in [-0.25, -0.2) is 5.06 Å². The van der Waals surface area contributed by atoms with Gasteiger partial charge in [0.2, 0.25) is 24.2 Å². The Hall–Kier alpha value is -2.53. The predicted molar refractivity (Wildman–Crippen MR) is 111 cm³/mol. The molecule has 0 aromatic carbocycles. The number of nitrogens with one attached hydrogen (secondary N) is 2. The molecular formula is C19H33N7O4. The van der Waals surface area contributed by atoms with E-state index in [0.29, 0.717) is 62.4 Å². The second-order valence-electron chi connectivity index (χ2n) is 7.26. The third-order valence-corrected chi connectivity index (χ3v) is 4.79. The molecule has 168 valence electrons. The zero-order chi connectivity index (χ0) is 21.8. The zero-order valence-corrected chi connectivity index (χ0v) is 17.8. The lowest BCUT2D eigenvalue weighted by Gasteiger charge is -2.27. The number of amides is 2.